The molecule has 0 spiro atoms. The third-order valence-electron chi connectivity index (χ3n) is 4.60. The zero-order valence-corrected chi connectivity index (χ0v) is 15.3. The molecule has 0 aliphatic carbocycles. The minimum absolute atomic E-state index is 0.0313. The normalized spacial score (nSPS) is 20.5. The van der Waals surface area contributed by atoms with Gasteiger partial charge in [0.05, 0.1) is 26.8 Å². The van der Waals surface area contributed by atoms with Gasteiger partial charge in [-0.1, -0.05) is 0 Å². The van der Waals surface area contributed by atoms with Gasteiger partial charge in [-0.15, -0.1) is 0 Å². The summed E-state index contributed by atoms with van der Waals surface area (Å²) in [5.74, 6) is 1.53. The van der Waals surface area contributed by atoms with E-state index in [4.69, 9.17) is 9.47 Å². The fourth-order valence-corrected chi connectivity index (χ4v) is 3.14. The van der Waals surface area contributed by atoms with Crippen molar-refractivity contribution in [3.05, 3.63) is 23.8 Å². The molecule has 1 amide bonds. The number of carbonyl (C=O) groups is 1. The van der Waals surface area contributed by atoms with Crippen molar-refractivity contribution in [2.75, 3.05) is 47.4 Å². The Morgan fingerprint density at radius 3 is 2.71 bits per heavy atom. The van der Waals surface area contributed by atoms with Crippen molar-refractivity contribution >= 4 is 5.91 Å². The van der Waals surface area contributed by atoms with Gasteiger partial charge in [-0.05, 0) is 39.1 Å². The zero-order chi connectivity index (χ0) is 17.7. The Labute approximate surface area is 144 Å². The number of likely N-dealkylation sites (N-methyl/N-ethyl adjacent to an activating group) is 1. The lowest BCUT2D eigenvalue weighted by Gasteiger charge is -2.37. The van der Waals surface area contributed by atoms with Crippen molar-refractivity contribution in [1.29, 1.82) is 0 Å². The topological polar surface area (TPSA) is 54.0 Å². The van der Waals surface area contributed by atoms with Gasteiger partial charge in [-0.3, -0.25) is 9.69 Å². The first kappa shape index (κ1) is 18.5. The number of methoxy groups -OCH3 is 2. The summed E-state index contributed by atoms with van der Waals surface area (Å²) in [7, 11) is 5.38. The molecule has 0 aromatic heterocycles. The fourth-order valence-electron chi connectivity index (χ4n) is 3.14. The lowest BCUT2D eigenvalue weighted by Crippen LogP contribution is -2.53. The van der Waals surface area contributed by atoms with Crippen molar-refractivity contribution in [3.8, 4) is 11.5 Å². The first-order chi connectivity index (χ1) is 11.4. The minimum Gasteiger partial charge on any atom is -0.497 e. The summed E-state index contributed by atoms with van der Waals surface area (Å²) >= 11 is 0. The lowest BCUT2D eigenvalue weighted by molar-refractivity contribution is -0.124. The molecule has 1 heterocycles. The van der Waals surface area contributed by atoms with E-state index in [1.807, 2.05) is 25.1 Å². The molecule has 2 atom stereocenters. The van der Waals surface area contributed by atoms with E-state index in [0.717, 1.165) is 36.7 Å². The molecule has 0 saturated carbocycles. The summed E-state index contributed by atoms with van der Waals surface area (Å²) in [6, 6.07) is 5.85. The van der Waals surface area contributed by atoms with E-state index in [0.29, 0.717) is 12.6 Å². The molecule has 6 nitrogen and oxygen atoms in total. The van der Waals surface area contributed by atoms with Crippen LogP contribution in [-0.4, -0.2) is 69.2 Å². The predicted molar refractivity (Wildman–Crippen MR) is 94.6 cm³/mol. The quantitative estimate of drug-likeness (QED) is 0.854. The SMILES string of the molecule is COc1ccc(OC)c([C@H](C)NC(=O)CN2CCN(C)C[C@H]2C)c1. The lowest BCUT2D eigenvalue weighted by atomic mass is 10.1. The maximum absolute atomic E-state index is 12.4. The number of ether oxygens (including phenoxy) is 2. The van der Waals surface area contributed by atoms with E-state index in [9.17, 15) is 4.79 Å². The van der Waals surface area contributed by atoms with Crippen LogP contribution in [-0.2, 0) is 4.79 Å². The number of benzene rings is 1. The Bertz CT molecular complexity index is 564. The number of carbonyl (C=O) groups excluding carboxylic acids is 1. The highest BCUT2D eigenvalue weighted by atomic mass is 16.5. The molecule has 24 heavy (non-hydrogen) atoms. The summed E-state index contributed by atoms with van der Waals surface area (Å²) in [5.41, 5.74) is 0.914. The van der Waals surface area contributed by atoms with Gasteiger partial charge in [-0.2, -0.15) is 0 Å². The Balaban J connectivity index is 1.98. The van der Waals surface area contributed by atoms with Crippen LogP contribution in [0.2, 0.25) is 0 Å². The molecule has 0 radical (unpaired) electrons. The number of piperazine rings is 1. The molecular weight excluding hydrogens is 306 g/mol. The van der Waals surface area contributed by atoms with Crippen LogP contribution in [0.1, 0.15) is 25.5 Å². The van der Waals surface area contributed by atoms with Crippen LogP contribution in [0.5, 0.6) is 11.5 Å². The summed E-state index contributed by atoms with van der Waals surface area (Å²) in [4.78, 5) is 17.0. The highest BCUT2D eigenvalue weighted by Crippen LogP contribution is 2.29. The van der Waals surface area contributed by atoms with Crippen molar-refractivity contribution in [1.82, 2.24) is 15.1 Å². The average Bonchev–Trinajstić information content (AvgIpc) is 2.56. The Morgan fingerprint density at radius 2 is 2.08 bits per heavy atom. The predicted octanol–water partition coefficient (Wildman–Crippen LogP) is 1.52. The number of amides is 1. The molecule has 1 aromatic carbocycles. The van der Waals surface area contributed by atoms with Crippen LogP contribution < -0.4 is 14.8 Å². The molecule has 2 rings (SSSR count). The van der Waals surface area contributed by atoms with Gasteiger partial charge in [0.2, 0.25) is 5.91 Å². The van der Waals surface area contributed by atoms with Crippen molar-refractivity contribution in [2.24, 2.45) is 0 Å². The number of nitrogens with one attached hydrogen (secondary N) is 1. The van der Waals surface area contributed by atoms with Gasteiger partial charge in [0.15, 0.2) is 0 Å². The monoisotopic (exact) mass is 335 g/mol. The largest absolute Gasteiger partial charge is 0.497 e. The molecule has 1 aliphatic rings. The van der Waals surface area contributed by atoms with Crippen LogP contribution >= 0.6 is 0 Å². The van der Waals surface area contributed by atoms with Gasteiger partial charge in [-0.25, -0.2) is 0 Å². The van der Waals surface area contributed by atoms with Crippen molar-refractivity contribution < 1.29 is 14.3 Å². The summed E-state index contributed by atoms with van der Waals surface area (Å²) in [5, 5.41) is 3.07. The van der Waals surface area contributed by atoms with Crippen molar-refractivity contribution in [3.63, 3.8) is 0 Å². The Hall–Kier alpha value is -1.79. The molecule has 134 valence electrons. The molecule has 1 N–H and O–H groups in total. The van der Waals surface area contributed by atoms with E-state index < -0.39 is 0 Å². The van der Waals surface area contributed by atoms with Crippen LogP contribution in [0.15, 0.2) is 18.2 Å². The van der Waals surface area contributed by atoms with Gasteiger partial charge >= 0.3 is 0 Å². The second-order valence-electron chi connectivity index (χ2n) is 6.48. The maximum Gasteiger partial charge on any atom is 0.234 e. The average molecular weight is 335 g/mol. The summed E-state index contributed by atoms with van der Waals surface area (Å²) in [6.45, 7) is 7.46. The molecule has 1 saturated heterocycles. The third-order valence-corrected chi connectivity index (χ3v) is 4.60. The van der Waals surface area contributed by atoms with Crippen molar-refractivity contribution in [2.45, 2.75) is 25.9 Å². The highest BCUT2D eigenvalue weighted by Gasteiger charge is 2.24. The van der Waals surface area contributed by atoms with Crippen LogP contribution in [0.4, 0.5) is 0 Å². The number of nitrogens with zero attached hydrogens (tertiary/aromatic N) is 2. The van der Waals surface area contributed by atoms with E-state index in [1.54, 1.807) is 14.2 Å². The smallest absolute Gasteiger partial charge is 0.234 e. The van der Waals surface area contributed by atoms with E-state index in [-0.39, 0.29) is 11.9 Å². The molecule has 1 aromatic rings. The van der Waals surface area contributed by atoms with Gasteiger partial charge in [0.25, 0.3) is 0 Å². The number of hydrogen-bond donors (Lipinski definition) is 1. The van der Waals surface area contributed by atoms with Gasteiger partial charge in [0.1, 0.15) is 11.5 Å². The molecule has 0 unspecified atom stereocenters. The zero-order valence-electron chi connectivity index (χ0n) is 15.3. The number of hydrogen-bond acceptors (Lipinski definition) is 5. The van der Waals surface area contributed by atoms with Crippen LogP contribution in [0.3, 0.4) is 0 Å². The molecule has 1 fully saturated rings. The third kappa shape index (κ3) is 4.61. The van der Waals surface area contributed by atoms with Gasteiger partial charge < -0.3 is 19.7 Å². The minimum atomic E-state index is -0.148. The summed E-state index contributed by atoms with van der Waals surface area (Å²) in [6.07, 6.45) is 0. The fraction of sp³-hybridized carbons (Fsp3) is 0.611. The number of rotatable bonds is 6. The standard InChI is InChI=1S/C18H29N3O3/c1-13-11-20(3)8-9-21(13)12-18(22)19-14(2)16-10-15(23-4)6-7-17(16)24-5/h6-7,10,13-14H,8-9,11-12H2,1-5H3,(H,19,22)/t13-,14+/m1/s1. The van der Waals surface area contributed by atoms with E-state index >= 15 is 0 Å². The molecular formula is C18H29N3O3. The first-order valence-corrected chi connectivity index (χ1v) is 8.38. The maximum atomic E-state index is 12.4. The second-order valence-corrected chi connectivity index (χ2v) is 6.48. The molecule has 1 aliphatic heterocycles. The molecule has 0 bridgehead atoms. The highest BCUT2D eigenvalue weighted by molar-refractivity contribution is 5.78. The summed E-state index contributed by atoms with van der Waals surface area (Å²) < 4.78 is 10.7. The Morgan fingerprint density at radius 1 is 1.33 bits per heavy atom. The van der Waals surface area contributed by atoms with Crippen LogP contribution in [0, 0.1) is 0 Å². The second kappa shape index (κ2) is 8.35. The molecule has 6 heteroatoms. The van der Waals surface area contributed by atoms with E-state index in [2.05, 4.69) is 29.1 Å². The van der Waals surface area contributed by atoms with Crippen LogP contribution in [0.25, 0.3) is 0 Å². The first-order valence-electron chi connectivity index (χ1n) is 8.38. The van der Waals surface area contributed by atoms with E-state index in [1.165, 1.54) is 0 Å². The van der Waals surface area contributed by atoms with Gasteiger partial charge in [0, 0.05) is 31.2 Å². The Kier molecular flexibility index (Phi) is 6.45.